The van der Waals surface area contributed by atoms with Gasteiger partial charge in [0.05, 0.1) is 11.4 Å². The number of hydrogen-bond acceptors (Lipinski definition) is 1. The predicted octanol–water partition coefficient (Wildman–Crippen LogP) is 4.72. The summed E-state index contributed by atoms with van der Waals surface area (Å²) < 4.78 is 40.8. The molecule has 19 heavy (non-hydrogen) atoms. The molecule has 0 saturated heterocycles. The van der Waals surface area contributed by atoms with Crippen LogP contribution in [0.5, 0.6) is 0 Å². The Bertz CT molecular complexity index is 609. The molecule has 0 spiro atoms. The van der Waals surface area contributed by atoms with Crippen molar-refractivity contribution in [2.75, 3.05) is 5.32 Å². The van der Waals surface area contributed by atoms with Gasteiger partial charge in [0.2, 0.25) is 0 Å². The Morgan fingerprint density at radius 3 is 2.37 bits per heavy atom. The van der Waals surface area contributed by atoms with Crippen molar-refractivity contribution >= 4 is 11.4 Å². The third kappa shape index (κ3) is 2.72. The highest BCUT2D eigenvalue weighted by atomic mass is 19.2. The Hall–Kier alpha value is -1.97. The van der Waals surface area contributed by atoms with Gasteiger partial charge in [0.15, 0.2) is 11.6 Å². The molecule has 0 unspecified atom stereocenters. The first-order valence-corrected chi connectivity index (χ1v) is 6.03. The second-order valence-electron chi connectivity index (χ2n) is 4.36. The van der Waals surface area contributed by atoms with E-state index in [4.69, 9.17) is 0 Å². The van der Waals surface area contributed by atoms with E-state index < -0.39 is 17.5 Å². The Kier molecular flexibility index (Phi) is 3.79. The maximum absolute atomic E-state index is 13.8. The van der Waals surface area contributed by atoms with Crippen LogP contribution in [0.4, 0.5) is 24.5 Å². The lowest BCUT2D eigenvalue weighted by molar-refractivity contribution is 0.510. The molecule has 0 heterocycles. The second kappa shape index (κ2) is 5.34. The van der Waals surface area contributed by atoms with Crippen LogP contribution < -0.4 is 5.32 Å². The minimum atomic E-state index is -0.987. The molecule has 0 radical (unpaired) electrons. The molecule has 0 aliphatic rings. The first kappa shape index (κ1) is 13.5. The van der Waals surface area contributed by atoms with Crippen LogP contribution in [0.1, 0.15) is 18.1 Å². The number of halogens is 3. The topological polar surface area (TPSA) is 12.0 Å². The number of anilines is 2. The summed E-state index contributed by atoms with van der Waals surface area (Å²) >= 11 is 0. The minimum absolute atomic E-state index is 0.00902. The number of nitrogens with one attached hydrogen (secondary N) is 1. The molecule has 0 aromatic heterocycles. The summed E-state index contributed by atoms with van der Waals surface area (Å²) in [6.45, 7) is 3.58. The molecule has 2 rings (SSSR count). The summed E-state index contributed by atoms with van der Waals surface area (Å²) in [5.41, 5.74) is 1.48. The van der Waals surface area contributed by atoms with E-state index in [-0.39, 0.29) is 11.4 Å². The first-order valence-electron chi connectivity index (χ1n) is 6.03. The van der Waals surface area contributed by atoms with Gasteiger partial charge in [0.1, 0.15) is 5.82 Å². The van der Waals surface area contributed by atoms with Gasteiger partial charge in [-0.1, -0.05) is 19.1 Å². The molecule has 0 aliphatic heterocycles. The van der Waals surface area contributed by atoms with Crippen LogP contribution in [0, 0.1) is 24.4 Å². The van der Waals surface area contributed by atoms with E-state index in [0.717, 1.165) is 11.6 Å². The van der Waals surface area contributed by atoms with E-state index in [9.17, 15) is 13.2 Å². The molecular weight excluding hydrogens is 251 g/mol. The SMILES string of the molecule is CCc1ccc(F)c(F)c1Nc1ccc(C)cc1F. The summed E-state index contributed by atoms with van der Waals surface area (Å²) in [5.74, 6) is -2.43. The molecule has 1 nitrogen and oxygen atoms in total. The molecule has 0 aliphatic carbocycles. The van der Waals surface area contributed by atoms with Crippen LogP contribution in [0.15, 0.2) is 30.3 Å². The molecule has 0 amide bonds. The fourth-order valence-electron chi connectivity index (χ4n) is 1.88. The van der Waals surface area contributed by atoms with Gasteiger partial charge in [0.25, 0.3) is 0 Å². The van der Waals surface area contributed by atoms with Crippen LogP contribution in [0.25, 0.3) is 0 Å². The average molecular weight is 265 g/mol. The van der Waals surface area contributed by atoms with Gasteiger partial charge in [-0.15, -0.1) is 0 Å². The van der Waals surface area contributed by atoms with Crippen molar-refractivity contribution in [3.05, 3.63) is 58.9 Å². The van der Waals surface area contributed by atoms with Crippen molar-refractivity contribution in [3.63, 3.8) is 0 Å². The largest absolute Gasteiger partial charge is 0.350 e. The van der Waals surface area contributed by atoms with Crippen molar-refractivity contribution < 1.29 is 13.2 Å². The zero-order valence-corrected chi connectivity index (χ0v) is 10.7. The number of aryl methyl sites for hydroxylation is 2. The van der Waals surface area contributed by atoms with Gasteiger partial charge in [0, 0.05) is 0 Å². The van der Waals surface area contributed by atoms with Gasteiger partial charge in [-0.3, -0.25) is 0 Å². The summed E-state index contributed by atoms with van der Waals surface area (Å²) in [7, 11) is 0. The molecule has 100 valence electrons. The molecule has 0 fully saturated rings. The zero-order valence-electron chi connectivity index (χ0n) is 10.7. The first-order chi connectivity index (χ1) is 9.02. The monoisotopic (exact) mass is 265 g/mol. The molecule has 4 heteroatoms. The van der Waals surface area contributed by atoms with Gasteiger partial charge in [-0.05, 0) is 42.7 Å². The summed E-state index contributed by atoms with van der Waals surface area (Å²) in [6, 6.07) is 7.12. The van der Waals surface area contributed by atoms with Gasteiger partial charge in [-0.2, -0.15) is 0 Å². The van der Waals surface area contributed by atoms with Crippen LogP contribution >= 0.6 is 0 Å². The van der Waals surface area contributed by atoms with Crippen LogP contribution in [0.2, 0.25) is 0 Å². The van der Waals surface area contributed by atoms with Crippen molar-refractivity contribution in [2.24, 2.45) is 0 Å². The Morgan fingerprint density at radius 1 is 1.00 bits per heavy atom. The lowest BCUT2D eigenvalue weighted by Crippen LogP contribution is -2.02. The molecule has 0 atom stereocenters. The highest BCUT2D eigenvalue weighted by Crippen LogP contribution is 2.28. The molecular formula is C15H14F3N. The minimum Gasteiger partial charge on any atom is -0.350 e. The van der Waals surface area contributed by atoms with Gasteiger partial charge < -0.3 is 5.32 Å². The van der Waals surface area contributed by atoms with E-state index in [1.54, 1.807) is 13.0 Å². The number of hydrogen-bond donors (Lipinski definition) is 1. The zero-order chi connectivity index (χ0) is 14.0. The van der Waals surface area contributed by atoms with Gasteiger partial charge in [-0.25, -0.2) is 13.2 Å². The number of rotatable bonds is 3. The fourth-order valence-corrected chi connectivity index (χ4v) is 1.88. The third-order valence-electron chi connectivity index (χ3n) is 2.95. The van der Waals surface area contributed by atoms with E-state index in [2.05, 4.69) is 5.32 Å². The van der Waals surface area contributed by atoms with Crippen LogP contribution in [-0.2, 0) is 6.42 Å². The Labute approximate surface area is 110 Å². The molecule has 2 aromatic carbocycles. The summed E-state index contributed by atoms with van der Waals surface area (Å²) in [5, 5.41) is 2.64. The van der Waals surface area contributed by atoms with Crippen LogP contribution in [-0.4, -0.2) is 0 Å². The summed E-state index contributed by atoms with van der Waals surface area (Å²) in [4.78, 5) is 0. The summed E-state index contributed by atoms with van der Waals surface area (Å²) in [6.07, 6.45) is 0.521. The second-order valence-corrected chi connectivity index (χ2v) is 4.36. The molecule has 0 bridgehead atoms. The maximum atomic E-state index is 13.8. The Balaban J connectivity index is 2.45. The third-order valence-corrected chi connectivity index (χ3v) is 2.95. The van der Waals surface area contributed by atoms with Crippen molar-refractivity contribution in [1.29, 1.82) is 0 Å². The average Bonchev–Trinajstić information content (AvgIpc) is 2.38. The van der Waals surface area contributed by atoms with E-state index in [1.165, 1.54) is 18.2 Å². The fraction of sp³-hybridized carbons (Fsp3) is 0.200. The predicted molar refractivity (Wildman–Crippen MR) is 70.2 cm³/mol. The Morgan fingerprint density at radius 2 is 1.74 bits per heavy atom. The van der Waals surface area contributed by atoms with Crippen LogP contribution in [0.3, 0.4) is 0 Å². The highest BCUT2D eigenvalue weighted by molar-refractivity contribution is 5.64. The molecule has 0 saturated carbocycles. The van der Waals surface area contributed by atoms with E-state index in [1.807, 2.05) is 6.92 Å². The normalized spacial score (nSPS) is 10.6. The lowest BCUT2D eigenvalue weighted by Gasteiger charge is -2.13. The quantitative estimate of drug-likeness (QED) is 0.846. The molecule has 1 N–H and O–H groups in total. The number of benzene rings is 2. The molecule has 2 aromatic rings. The van der Waals surface area contributed by atoms with Crippen molar-refractivity contribution in [3.8, 4) is 0 Å². The van der Waals surface area contributed by atoms with E-state index >= 15 is 0 Å². The van der Waals surface area contributed by atoms with Crippen molar-refractivity contribution in [1.82, 2.24) is 0 Å². The maximum Gasteiger partial charge on any atom is 0.182 e. The van der Waals surface area contributed by atoms with Gasteiger partial charge >= 0.3 is 0 Å². The highest BCUT2D eigenvalue weighted by Gasteiger charge is 2.14. The van der Waals surface area contributed by atoms with E-state index in [0.29, 0.717) is 12.0 Å². The standard InChI is InChI=1S/C15H14F3N/c1-3-10-5-6-11(16)14(18)15(10)19-13-7-4-9(2)8-12(13)17/h4-8,19H,3H2,1-2H3. The lowest BCUT2D eigenvalue weighted by atomic mass is 10.1. The van der Waals surface area contributed by atoms with Crippen molar-refractivity contribution in [2.45, 2.75) is 20.3 Å². The smallest absolute Gasteiger partial charge is 0.182 e.